The van der Waals surface area contributed by atoms with E-state index in [9.17, 15) is 8.42 Å². The molecular formula is C11H21ClN2O3S. The number of rotatable bonds is 5. The third kappa shape index (κ3) is 5.24. The van der Waals surface area contributed by atoms with Crippen molar-refractivity contribution in [1.82, 2.24) is 10.0 Å². The third-order valence-electron chi connectivity index (χ3n) is 3.11. The van der Waals surface area contributed by atoms with Gasteiger partial charge in [0.15, 0.2) is 0 Å². The zero-order valence-corrected chi connectivity index (χ0v) is 12.0. The van der Waals surface area contributed by atoms with Gasteiger partial charge in [-0.3, -0.25) is 0 Å². The second kappa shape index (κ2) is 7.45. The van der Waals surface area contributed by atoms with E-state index in [2.05, 4.69) is 16.1 Å². The molecule has 1 atom stereocenters. The summed E-state index contributed by atoms with van der Waals surface area (Å²) in [6.45, 7) is 2.90. The van der Waals surface area contributed by atoms with Crippen LogP contribution in [0, 0.1) is 0 Å². The van der Waals surface area contributed by atoms with Crippen molar-refractivity contribution in [2.75, 3.05) is 32.0 Å². The van der Waals surface area contributed by atoms with E-state index in [4.69, 9.17) is 4.74 Å². The van der Waals surface area contributed by atoms with E-state index in [0.717, 1.165) is 32.4 Å². The van der Waals surface area contributed by atoms with Gasteiger partial charge in [0.1, 0.15) is 0 Å². The summed E-state index contributed by atoms with van der Waals surface area (Å²) < 4.78 is 31.6. The van der Waals surface area contributed by atoms with Crippen LogP contribution in [-0.4, -0.2) is 46.5 Å². The van der Waals surface area contributed by atoms with Gasteiger partial charge in [0, 0.05) is 19.7 Å². The summed E-state index contributed by atoms with van der Waals surface area (Å²) in [5.74, 6) is 0.0958. The minimum Gasteiger partial charge on any atom is -0.377 e. The smallest absolute Gasteiger partial charge is 0.214 e. The maximum atomic E-state index is 11.8. The fraction of sp³-hybridized carbons (Fsp3) is 0.818. The van der Waals surface area contributed by atoms with Crippen molar-refractivity contribution in [1.29, 1.82) is 0 Å². The topological polar surface area (TPSA) is 67.4 Å². The minimum absolute atomic E-state index is 0. The standard InChI is InChI=1S/C11H20N2O3S.ClH/c14-17(15,9-11-2-1-7-16-11)13-8-10-3-5-12-6-4-10;/h3,11-13H,1-2,4-9H2;1H. The van der Waals surface area contributed by atoms with Crippen LogP contribution in [0.2, 0.25) is 0 Å². The van der Waals surface area contributed by atoms with Crippen LogP contribution in [0.3, 0.4) is 0 Å². The predicted molar refractivity (Wildman–Crippen MR) is 73.6 cm³/mol. The Morgan fingerprint density at radius 3 is 2.94 bits per heavy atom. The lowest BCUT2D eigenvalue weighted by atomic mass is 10.1. The lowest BCUT2D eigenvalue weighted by molar-refractivity contribution is 0.127. The fourth-order valence-corrected chi connectivity index (χ4v) is 3.39. The van der Waals surface area contributed by atoms with Crippen LogP contribution < -0.4 is 10.0 Å². The highest BCUT2D eigenvalue weighted by Crippen LogP contribution is 2.13. The number of ether oxygens (including phenoxy) is 1. The molecule has 2 heterocycles. The summed E-state index contributed by atoms with van der Waals surface area (Å²) in [5.41, 5.74) is 1.17. The SMILES string of the molecule is Cl.O=S(=O)(CC1CCCO1)NCC1=CCNCC1. The molecule has 0 spiro atoms. The van der Waals surface area contributed by atoms with Gasteiger partial charge < -0.3 is 10.1 Å². The number of hydrogen-bond acceptors (Lipinski definition) is 4. The molecule has 2 rings (SSSR count). The molecule has 106 valence electrons. The average Bonchev–Trinajstić information content (AvgIpc) is 2.80. The Morgan fingerprint density at radius 2 is 2.33 bits per heavy atom. The Kier molecular flexibility index (Phi) is 6.59. The number of nitrogens with one attached hydrogen (secondary N) is 2. The maximum Gasteiger partial charge on any atom is 0.214 e. The molecule has 18 heavy (non-hydrogen) atoms. The van der Waals surface area contributed by atoms with Crippen molar-refractivity contribution in [2.45, 2.75) is 25.4 Å². The Balaban J connectivity index is 0.00000162. The molecule has 0 bridgehead atoms. The molecule has 0 aliphatic carbocycles. The minimum atomic E-state index is -3.20. The molecule has 2 aliphatic rings. The average molecular weight is 297 g/mol. The van der Waals surface area contributed by atoms with Crippen molar-refractivity contribution < 1.29 is 13.2 Å². The van der Waals surface area contributed by atoms with Gasteiger partial charge in [-0.2, -0.15) is 0 Å². The van der Waals surface area contributed by atoms with Crippen LogP contribution in [0.25, 0.3) is 0 Å². The first-order valence-corrected chi connectivity index (χ1v) is 7.78. The highest BCUT2D eigenvalue weighted by atomic mass is 35.5. The summed E-state index contributed by atoms with van der Waals surface area (Å²) in [4.78, 5) is 0. The number of sulfonamides is 1. The molecule has 0 saturated carbocycles. The van der Waals surface area contributed by atoms with E-state index in [0.29, 0.717) is 13.2 Å². The zero-order valence-electron chi connectivity index (χ0n) is 10.4. The summed E-state index contributed by atoms with van der Waals surface area (Å²) in [5, 5.41) is 3.20. The van der Waals surface area contributed by atoms with E-state index >= 15 is 0 Å². The van der Waals surface area contributed by atoms with Crippen molar-refractivity contribution in [3.05, 3.63) is 11.6 Å². The maximum absolute atomic E-state index is 11.8. The normalized spacial score (nSPS) is 24.4. The Labute approximate surface area is 115 Å². The van der Waals surface area contributed by atoms with E-state index < -0.39 is 10.0 Å². The van der Waals surface area contributed by atoms with Crippen LogP contribution in [0.5, 0.6) is 0 Å². The lowest BCUT2D eigenvalue weighted by Crippen LogP contribution is -2.34. The van der Waals surface area contributed by atoms with Gasteiger partial charge in [-0.05, 0) is 25.8 Å². The van der Waals surface area contributed by atoms with Gasteiger partial charge in [-0.1, -0.05) is 11.6 Å². The van der Waals surface area contributed by atoms with E-state index in [1.807, 2.05) is 0 Å². The molecule has 0 radical (unpaired) electrons. The van der Waals surface area contributed by atoms with Crippen LogP contribution in [0.4, 0.5) is 0 Å². The van der Waals surface area contributed by atoms with Crippen LogP contribution in [-0.2, 0) is 14.8 Å². The summed E-state index contributed by atoms with van der Waals surface area (Å²) in [7, 11) is -3.20. The van der Waals surface area contributed by atoms with Gasteiger partial charge in [0.25, 0.3) is 0 Å². The first-order chi connectivity index (χ1) is 8.16. The Morgan fingerprint density at radius 1 is 1.50 bits per heavy atom. The monoisotopic (exact) mass is 296 g/mol. The van der Waals surface area contributed by atoms with Gasteiger partial charge in [-0.15, -0.1) is 12.4 Å². The van der Waals surface area contributed by atoms with Crippen LogP contribution in [0.15, 0.2) is 11.6 Å². The quantitative estimate of drug-likeness (QED) is 0.722. The van der Waals surface area contributed by atoms with E-state index in [-0.39, 0.29) is 24.3 Å². The number of hydrogen-bond donors (Lipinski definition) is 2. The molecular weight excluding hydrogens is 276 g/mol. The second-order valence-electron chi connectivity index (χ2n) is 4.55. The molecule has 1 saturated heterocycles. The Bertz CT molecular complexity index is 378. The predicted octanol–water partition coefficient (Wildman–Crippen LogP) is 0.426. The first kappa shape index (κ1) is 15.9. The first-order valence-electron chi connectivity index (χ1n) is 6.13. The second-order valence-corrected chi connectivity index (χ2v) is 6.41. The van der Waals surface area contributed by atoms with Gasteiger partial charge >= 0.3 is 0 Å². The van der Waals surface area contributed by atoms with Gasteiger partial charge in [0.05, 0.1) is 11.9 Å². The van der Waals surface area contributed by atoms with E-state index in [1.165, 1.54) is 5.57 Å². The largest absolute Gasteiger partial charge is 0.377 e. The molecule has 1 unspecified atom stereocenters. The van der Waals surface area contributed by atoms with E-state index in [1.54, 1.807) is 0 Å². The molecule has 2 N–H and O–H groups in total. The summed E-state index contributed by atoms with van der Waals surface area (Å²) >= 11 is 0. The number of halogens is 1. The summed E-state index contributed by atoms with van der Waals surface area (Å²) in [6.07, 6.45) is 4.68. The van der Waals surface area contributed by atoms with Crippen molar-refractivity contribution in [3.8, 4) is 0 Å². The van der Waals surface area contributed by atoms with Crippen LogP contribution >= 0.6 is 12.4 Å². The zero-order chi connectivity index (χ0) is 12.1. The van der Waals surface area contributed by atoms with Crippen molar-refractivity contribution in [3.63, 3.8) is 0 Å². The van der Waals surface area contributed by atoms with Crippen molar-refractivity contribution in [2.24, 2.45) is 0 Å². The lowest BCUT2D eigenvalue weighted by Gasteiger charge is -2.16. The van der Waals surface area contributed by atoms with Gasteiger partial charge in [0.2, 0.25) is 10.0 Å². The molecule has 0 aromatic rings. The fourth-order valence-electron chi connectivity index (χ4n) is 2.11. The molecule has 2 aliphatic heterocycles. The molecule has 0 aromatic carbocycles. The van der Waals surface area contributed by atoms with Crippen molar-refractivity contribution >= 4 is 22.4 Å². The molecule has 5 nitrogen and oxygen atoms in total. The highest BCUT2D eigenvalue weighted by Gasteiger charge is 2.23. The van der Waals surface area contributed by atoms with Gasteiger partial charge in [-0.25, -0.2) is 13.1 Å². The third-order valence-corrected chi connectivity index (χ3v) is 4.50. The summed E-state index contributed by atoms with van der Waals surface area (Å²) in [6, 6.07) is 0. The molecule has 7 heteroatoms. The molecule has 0 amide bonds. The Hall–Kier alpha value is -0.140. The molecule has 1 fully saturated rings. The molecule has 0 aromatic heterocycles. The van der Waals surface area contributed by atoms with Crippen LogP contribution in [0.1, 0.15) is 19.3 Å². The highest BCUT2D eigenvalue weighted by molar-refractivity contribution is 7.89.